The van der Waals surface area contributed by atoms with Crippen LogP contribution in [0, 0.1) is 29.1 Å². The van der Waals surface area contributed by atoms with Gasteiger partial charge in [-0.3, -0.25) is 0 Å². The third-order valence-electron chi connectivity index (χ3n) is 4.57. The summed E-state index contributed by atoms with van der Waals surface area (Å²) in [4.78, 5) is 0. The van der Waals surface area contributed by atoms with Crippen molar-refractivity contribution in [3.63, 3.8) is 0 Å². The monoisotopic (exact) mass is 182 g/mol. The fourth-order valence-corrected chi connectivity index (χ4v) is 2.89. The molecule has 0 bridgehead atoms. The molecular weight excluding hydrogens is 156 g/mol. The summed E-state index contributed by atoms with van der Waals surface area (Å²) >= 11 is 0. The maximum atomic E-state index is 2.48. The van der Waals surface area contributed by atoms with Crippen molar-refractivity contribution in [2.45, 2.75) is 54.4 Å². The van der Waals surface area contributed by atoms with Crippen LogP contribution >= 0.6 is 0 Å². The van der Waals surface area contributed by atoms with Crippen molar-refractivity contribution in [2.24, 2.45) is 29.1 Å². The van der Waals surface area contributed by atoms with E-state index < -0.39 is 0 Å². The highest BCUT2D eigenvalue weighted by molar-refractivity contribution is 5.06. The summed E-state index contributed by atoms with van der Waals surface area (Å²) in [7, 11) is 0. The second-order valence-electron chi connectivity index (χ2n) is 5.89. The van der Waals surface area contributed by atoms with Crippen LogP contribution in [-0.2, 0) is 0 Å². The summed E-state index contributed by atoms with van der Waals surface area (Å²) in [6, 6.07) is 0. The van der Waals surface area contributed by atoms with E-state index in [-0.39, 0.29) is 0 Å². The molecule has 3 atom stereocenters. The molecule has 0 aromatic carbocycles. The first-order valence-corrected chi connectivity index (χ1v) is 5.90. The Morgan fingerprint density at radius 1 is 1.15 bits per heavy atom. The molecule has 0 N–H and O–H groups in total. The summed E-state index contributed by atoms with van der Waals surface area (Å²) < 4.78 is 0. The maximum Gasteiger partial charge on any atom is -0.0243 e. The highest BCUT2D eigenvalue weighted by Crippen LogP contribution is 2.64. The van der Waals surface area contributed by atoms with Gasteiger partial charge in [0.15, 0.2) is 0 Å². The standard InChI is InChI=1S/C13H26/c1-9(2)7-8-12-11(5)13(12,6)10(3)4/h9-12H,7-8H2,1-6H3. The molecule has 3 unspecified atom stereocenters. The van der Waals surface area contributed by atoms with Gasteiger partial charge in [-0.25, -0.2) is 0 Å². The van der Waals surface area contributed by atoms with E-state index >= 15 is 0 Å². The van der Waals surface area contributed by atoms with E-state index in [4.69, 9.17) is 0 Å². The fraction of sp³-hybridized carbons (Fsp3) is 1.00. The smallest absolute Gasteiger partial charge is 0.0243 e. The second kappa shape index (κ2) is 3.63. The zero-order valence-electron chi connectivity index (χ0n) is 10.2. The Balaban J connectivity index is 2.39. The Morgan fingerprint density at radius 3 is 2.00 bits per heavy atom. The molecule has 0 spiro atoms. The normalized spacial score (nSPS) is 38.8. The molecule has 78 valence electrons. The quantitative estimate of drug-likeness (QED) is 0.606. The average molecular weight is 182 g/mol. The molecule has 0 nitrogen and oxygen atoms in total. The second-order valence-corrected chi connectivity index (χ2v) is 5.89. The Bertz CT molecular complexity index is 169. The summed E-state index contributed by atoms with van der Waals surface area (Å²) in [6.07, 6.45) is 2.87. The molecule has 1 rings (SSSR count). The van der Waals surface area contributed by atoms with Crippen LogP contribution in [0.1, 0.15) is 54.4 Å². The van der Waals surface area contributed by atoms with Gasteiger partial charge in [-0.15, -0.1) is 0 Å². The van der Waals surface area contributed by atoms with Crippen molar-refractivity contribution in [1.82, 2.24) is 0 Å². The fourth-order valence-electron chi connectivity index (χ4n) is 2.89. The van der Waals surface area contributed by atoms with E-state index in [9.17, 15) is 0 Å². The minimum atomic E-state index is 0.662. The van der Waals surface area contributed by atoms with E-state index in [0.717, 1.165) is 23.7 Å². The Hall–Kier alpha value is 0. The Morgan fingerprint density at radius 2 is 1.69 bits per heavy atom. The predicted molar refractivity (Wildman–Crippen MR) is 59.7 cm³/mol. The van der Waals surface area contributed by atoms with Crippen molar-refractivity contribution in [1.29, 1.82) is 0 Å². The van der Waals surface area contributed by atoms with Crippen molar-refractivity contribution >= 4 is 0 Å². The number of hydrogen-bond donors (Lipinski definition) is 0. The molecule has 0 aliphatic heterocycles. The van der Waals surface area contributed by atoms with Gasteiger partial charge in [0.2, 0.25) is 0 Å². The van der Waals surface area contributed by atoms with Crippen LogP contribution < -0.4 is 0 Å². The highest BCUT2D eigenvalue weighted by atomic mass is 14.6. The minimum Gasteiger partial charge on any atom is -0.0628 e. The van der Waals surface area contributed by atoms with Gasteiger partial charge in [0.05, 0.1) is 0 Å². The highest BCUT2D eigenvalue weighted by Gasteiger charge is 2.58. The lowest BCUT2D eigenvalue weighted by molar-refractivity contribution is 0.329. The lowest BCUT2D eigenvalue weighted by Crippen LogP contribution is -2.09. The first-order valence-electron chi connectivity index (χ1n) is 5.90. The van der Waals surface area contributed by atoms with E-state index in [1.807, 2.05) is 0 Å². The van der Waals surface area contributed by atoms with Gasteiger partial charge in [0.1, 0.15) is 0 Å². The van der Waals surface area contributed by atoms with Gasteiger partial charge in [-0.1, -0.05) is 48.0 Å². The van der Waals surface area contributed by atoms with Crippen LogP contribution in [0.5, 0.6) is 0 Å². The average Bonchev–Trinajstić information content (AvgIpc) is 2.53. The van der Waals surface area contributed by atoms with E-state index in [1.165, 1.54) is 12.8 Å². The summed E-state index contributed by atoms with van der Waals surface area (Å²) in [5.41, 5.74) is 0.662. The van der Waals surface area contributed by atoms with E-state index in [0.29, 0.717) is 5.41 Å². The van der Waals surface area contributed by atoms with Crippen LogP contribution in [0.3, 0.4) is 0 Å². The molecule has 1 aliphatic rings. The summed E-state index contributed by atoms with van der Waals surface area (Å²) in [5.74, 6) is 3.71. The van der Waals surface area contributed by atoms with Gasteiger partial charge in [-0.2, -0.15) is 0 Å². The molecule has 1 fully saturated rings. The summed E-state index contributed by atoms with van der Waals surface area (Å²) in [6.45, 7) is 14.3. The van der Waals surface area contributed by atoms with Gasteiger partial charge in [0.25, 0.3) is 0 Å². The van der Waals surface area contributed by atoms with Crippen LogP contribution in [0.25, 0.3) is 0 Å². The zero-order chi connectivity index (χ0) is 10.2. The molecule has 13 heavy (non-hydrogen) atoms. The first kappa shape index (κ1) is 11.1. The van der Waals surface area contributed by atoms with Crippen LogP contribution in [0.4, 0.5) is 0 Å². The molecule has 0 aromatic rings. The van der Waals surface area contributed by atoms with Crippen molar-refractivity contribution in [3.8, 4) is 0 Å². The van der Waals surface area contributed by atoms with Gasteiger partial charge in [0, 0.05) is 0 Å². The lowest BCUT2D eigenvalue weighted by atomic mass is 9.89. The molecule has 1 saturated carbocycles. The van der Waals surface area contributed by atoms with Crippen LogP contribution in [0.15, 0.2) is 0 Å². The molecule has 0 aromatic heterocycles. The van der Waals surface area contributed by atoms with Crippen molar-refractivity contribution in [3.05, 3.63) is 0 Å². The topological polar surface area (TPSA) is 0 Å². The Kier molecular flexibility index (Phi) is 3.09. The van der Waals surface area contributed by atoms with E-state index in [1.54, 1.807) is 0 Å². The zero-order valence-corrected chi connectivity index (χ0v) is 10.2. The molecule has 0 heterocycles. The first-order chi connectivity index (χ1) is 5.90. The van der Waals surface area contributed by atoms with E-state index in [2.05, 4.69) is 41.5 Å². The Labute approximate surface area is 84.1 Å². The van der Waals surface area contributed by atoms with Gasteiger partial charge < -0.3 is 0 Å². The molecule has 1 aliphatic carbocycles. The van der Waals surface area contributed by atoms with Crippen LogP contribution in [-0.4, -0.2) is 0 Å². The minimum absolute atomic E-state index is 0.662. The van der Waals surface area contributed by atoms with Gasteiger partial charge >= 0.3 is 0 Å². The summed E-state index contributed by atoms with van der Waals surface area (Å²) in [5, 5.41) is 0. The third kappa shape index (κ3) is 1.92. The largest absolute Gasteiger partial charge is 0.0628 e. The molecular formula is C13H26. The number of hydrogen-bond acceptors (Lipinski definition) is 0. The maximum absolute atomic E-state index is 2.48. The lowest BCUT2D eigenvalue weighted by Gasteiger charge is -2.16. The predicted octanol–water partition coefficient (Wildman–Crippen LogP) is 4.35. The number of rotatable bonds is 4. The molecule has 0 saturated heterocycles. The molecule has 0 amide bonds. The molecule has 0 radical (unpaired) electrons. The third-order valence-corrected chi connectivity index (χ3v) is 4.57. The van der Waals surface area contributed by atoms with Crippen molar-refractivity contribution in [2.75, 3.05) is 0 Å². The van der Waals surface area contributed by atoms with Crippen molar-refractivity contribution < 1.29 is 0 Å². The molecule has 0 heteroatoms. The van der Waals surface area contributed by atoms with Crippen LogP contribution in [0.2, 0.25) is 0 Å². The van der Waals surface area contributed by atoms with Gasteiger partial charge in [-0.05, 0) is 35.5 Å². The SMILES string of the molecule is CC(C)CCC1C(C)C1(C)C(C)C.